The number of hydrogen-bond acceptors (Lipinski definition) is 1. The van der Waals surface area contributed by atoms with Crippen molar-refractivity contribution >= 4 is 31.9 Å². The van der Waals surface area contributed by atoms with Gasteiger partial charge in [0.15, 0.2) is 0 Å². The molecule has 0 aliphatic rings. The fourth-order valence-electron chi connectivity index (χ4n) is 1.81. The zero-order valence-corrected chi connectivity index (χ0v) is 14.5. The molecule has 0 radical (unpaired) electrons. The molecule has 0 bridgehead atoms. The van der Waals surface area contributed by atoms with Crippen molar-refractivity contribution in [1.29, 1.82) is 0 Å². The fourth-order valence-corrected chi connectivity index (χ4v) is 2.34. The third-order valence-corrected chi connectivity index (χ3v) is 3.86. The lowest BCUT2D eigenvalue weighted by Crippen LogP contribution is -2.01. The molecular formula is C15H21Br2FO. The van der Waals surface area contributed by atoms with Crippen molar-refractivity contribution in [1.82, 2.24) is 0 Å². The Morgan fingerprint density at radius 2 is 1.58 bits per heavy atom. The minimum Gasteiger partial charge on any atom is -0.494 e. The largest absolute Gasteiger partial charge is 0.494 e. The predicted molar refractivity (Wildman–Crippen MR) is 86.0 cm³/mol. The van der Waals surface area contributed by atoms with E-state index < -0.39 is 3.49 Å². The second kappa shape index (κ2) is 8.96. The monoisotopic (exact) mass is 394 g/mol. The number of ether oxygens (including phenoxy) is 1. The highest BCUT2D eigenvalue weighted by molar-refractivity contribution is 9.24. The van der Waals surface area contributed by atoms with Crippen molar-refractivity contribution in [2.75, 3.05) is 6.61 Å². The highest BCUT2D eigenvalue weighted by Gasteiger charge is 2.23. The van der Waals surface area contributed by atoms with E-state index in [0.717, 1.165) is 18.8 Å². The topological polar surface area (TPSA) is 9.23 Å². The van der Waals surface area contributed by atoms with Gasteiger partial charge in [0.2, 0.25) is 3.49 Å². The van der Waals surface area contributed by atoms with E-state index in [2.05, 4.69) is 38.8 Å². The number of unbranched alkanes of at least 4 members (excludes halogenated alkanes) is 5. The van der Waals surface area contributed by atoms with Gasteiger partial charge in [-0.2, -0.15) is 0 Å². The molecule has 1 nitrogen and oxygen atoms in total. The Morgan fingerprint density at radius 1 is 1.00 bits per heavy atom. The fraction of sp³-hybridized carbons (Fsp3) is 0.600. The van der Waals surface area contributed by atoms with Gasteiger partial charge in [0.25, 0.3) is 0 Å². The van der Waals surface area contributed by atoms with Crippen LogP contribution in [0.15, 0.2) is 24.3 Å². The van der Waals surface area contributed by atoms with Crippen molar-refractivity contribution in [2.45, 2.75) is 48.9 Å². The molecule has 0 fully saturated rings. The zero-order valence-electron chi connectivity index (χ0n) is 11.3. The molecule has 1 rings (SSSR count). The summed E-state index contributed by atoms with van der Waals surface area (Å²) in [6.07, 6.45) is 7.50. The van der Waals surface area contributed by atoms with Crippen molar-refractivity contribution in [3.05, 3.63) is 29.8 Å². The van der Waals surface area contributed by atoms with Crippen molar-refractivity contribution < 1.29 is 9.13 Å². The van der Waals surface area contributed by atoms with Crippen LogP contribution in [0.2, 0.25) is 0 Å². The summed E-state index contributed by atoms with van der Waals surface area (Å²) in [5.41, 5.74) is 0.527. The predicted octanol–water partition coefficient (Wildman–Crippen LogP) is 6.30. The molecule has 108 valence electrons. The summed E-state index contributed by atoms with van der Waals surface area (Å²) in [5, 5.41) is 0. The van der Waals surface area contributed by atoms with Gasteiger partial charge in [0.05, 0.1) is 6.61 Å². The first-order valence-corrected chi connectivity index (χ1v) is 8.42. The molecule has 0 aliphatic carbocycles. The summed E-state index contributed by atoms with van der Waals surface area (Å²) in [7, 11) is 0. The van der Waals surface area contributed by atoms with E-state index in [4.69, 9.17) is 4.74 Å². The first kappa shape index (κ1) is 17.0. The quantitative estimate of drug-likeness (QED) is 0.352. The van der Waals surface area contributed by atoms with Gasteiger partial charge in [-0.1, -0.05) is 51.2 Å². The summed E-state index contributed by atoms with van der Waals surface area (Å²) >= 11 is 5.83. The molecule has 0 spiro atoms. The lowest BCUT2D eigenvalue weighted by atomic mass is 10.1. The minimum absolute atomic E-state index is 0.527. The van der Waals surface area contributed by atoms with Crippen LogP contribution in [0.3, 0.4) is 0 Å². The number of rotatable bonds is 9. The molecule has 0 amide bonds. The van der Waals surface area contributed by atoms with Crippen LogP contribution in [0.4, 0.5) is 4.39 Å². The maximum absolute atomic E-state index is 13.5. The Hall–Kier alpha value is -0.0900. The van der Waals surface area contributed by atoms with Gasteiger partial charge in [-0.25, -0.2) is 4.39 Å². The molecule has 0 aliphatic heterocycles. The number of benzene rings is 1. The Labute approximate surface area is 132 Å². The minimum atomic E-state index is -1.65. The second-order valence-electron chi connectivity index (χ2n) is 4.64. The lowest BCUT2D eigenvalue weighted by Gasteiger charge is -2.11. The van der Waals surface area contributed by atoms with Crippen LogP contribution in [-0.4, -0.2) is 6.61 Å². The summed E-state index contributed by atoms with van der Waals surface area (Å²) < 4.78 is 17.5. The van der Waals surface area contributed by atoms with E-state index in [1.54, 1.807) is 24.3 Å². The molecule has 0 N–H and O–H groups in total. The summed E-state index contributed by atoms with van der Waals surface area (Å²) in [6.45, 7) is 2.95. The molecule has 0 saturated heterocycles. The van der Waals surface area contributed by atoms with Crippen LogP contribution >= 0.6 is 31.9 Å². The maximum Gasteiger partial charge on any atom is 0.244 e. The summed E-state index contributed by atoms with van der Waals surface area (Å²) in [4.78, 5) is 0. The van der Waals surface area contributed by atoms with Gasteiger partial charge in [0.1, 0.15) is 5.75 Å². The first-order chi connectivity index (χ1) is 9.04. The maximum atomic E-state index is 13.5. The van der Waals surface area contributed by atoms with Gasteiger partial charge >= 0.3 is 0 Å². The summed E-state index contributed by atoms with van der Waals surface area (Å²) in [5.74, 6) is 0.793. The number of halogens is 3. The third kappa shape index (κ3) is 7.31. The van der Waals surface area contributed by atoms with Crippen molar-refractivity contribution in [3.63, 3.8) is 0 Å². The molecule has 0 heterocycles. The van der Waals surface area contributed by atoms with E-state index in [9.17, 15) is 4.39 Å². The van der Waals surface area contributed by atoms with Crippen LogP contribution in [0, 0.1) is 0 Å². The van der Waals surface area contributed by atoms with E-state index in [1.165, 1.54) is 32.1 Å². The van der Waals surface area contributed by atoms with Gasteiger partial charge in [-0.15, -0.1) is 0 Å². The van der Waals surface area contributed by atoms with Crippen LogP contribution in [0.25, 0.3) is 0 Å². The molecule has 0 unspecified atom stereocenters. The van der Waals surface area contributed by atoms with Crippen LogP contribution < -0.4 is 4.74 Å². The van der Waals surface area contributed by atoms with Gasteiger partial charge < -0.3 is 4.74 Å². The van der Waals surface area contributed by atoms with Gasteiger partial charge in [-0.3, -0.25) is 0 Å². The van der Waals surface area contributed by atoms with Crippen molar-refractivity contribution in [2.24, 2.45) is 0 Å². The molecule has 1 aromatic rings. The highest BCUT2D eigenvalue weighted by atomic mass is 79.9. The average Bonchev–Trinajstić information content (AvgIpc) is 2.37. The van der Waals surface area contributed by atoms with Crippen LogP contribution in [-0.2, 0) is 3.49 Å². The number of alkyl halides is 3. The smallest absolute Gasteiger partial charge is 0.244 e. The zero-order chi connectivity index (χ0) is 14.1. The molecule has 1 aromatic carbocycles. The normalized spacial score (nSPS) is 11.6. The molecule has 0 atom stereocenters. The Morgan fingerprint density at radius 3 is 2.16 bits per heavy atom. The van der Waals surface area contributed by atoms with Crippen LogP contribution in [0.5, 0.6) is 5.75 Å². The standard InChI is InChI=1S/C15H21Br2FO/c1-2-3-4-5-6-7-12-19-14-10-8-13(9-11-14)15(16,17)18/h8-11H,2-7,12H2,1H3. The second-order valence-corrected chi connectivity index (χ2v) is 7.89. The molecule has 0 aromatic heterocycles. The van der Waals surface area contributed by atoms with E-state index >= 15 is 0 Å². The number of hydrogen-bond donors (Lipinski definition) is 0. The van der Waals surface area contributed by atoms with Crippen LogP contribution in [0.1, 0.15) is 51.0 Å². The lowest BCUT2D eigenvalue weighted by molar-refractivity contribution is 0.304. The third-order valence-electron chi connectivity index (χ3n) is 2.95. The van der Waals surface area contributed by atoms with Gasteiger partial charge in [-0.05, 0) is 50.4 Å². The van der Waals surface area contributed by atoms with Crippen molar-refractivity contribution in [3.8, 4) is 5.75 Å². The first-order valence-electron chi connectivity index (χ1n) is 6.84. The molecule has 19 heavy (non-hydrogen) atoms. The average molecular weight is 396 g/mol. The van der Waals surface area contributed by atoms with E-state index in [1.807, 2.05) is 0 Å². The van der Waals surface area contributed by atoms with Gasteiger partial charge in [0, 0.05) is 5.56 Å². The van der Waals surface area contributed by atoms with E-state index in [0.29, 0.717) is 5.56 Å². The van der Waals surface area contributed by atoms with E-state index in [-0.39, 0.29) is 0 Å². The Kier molecular flexibility index (Phi) is 8.00. The Bertz CT molecular complexity index is 346. The SMILES string of the molecule is CCCCCCCCOc1ccc(C(F)(Br)Br)cc1. The molecule has 0 saturated carbocycles. The molecular weight excluding hydrogens is 375 g/mol. The highest BCUT2D eigenvalue weighted by Crippen LogP contribution is 2.39. The molecule has 4 heteroatoms. The Balaban J connectivity index is 2.20. The summed E-state index contributed by atoms with van der Waals surface area (Å²) in [6, 6.07) is 7.01.